The van der Waals surface area contributed by atoms with Crippen molar-refractivity contribution in [3.8, 4) is 11.4 Å². The van der Waals surface area contributed by atoms with Crippen LogP contribution in [0.25, 0.3) is 21.5 Å². The van der Waals surface area contributed by atoms with Crippen LogP contribution in [0.5, 0.6) is 0 Å². The van der Waals surface area contributed by atoms with Gasteiger partial charge in [-0.3, -0.25) is 9.36 Å². The van der Waals surface area contributed by atoms with E-state index in [1.807, 2.05) is 12.1 Å². The molecule has 0 aliphatic rings. The molecule has 2 heterocycles. The molecule has 154 valence electrons. The predicted molar refractivity (Wildman–Crippen MR) is 127 cm³/mol. The summed E-state index contributed by atoms with van der Waals surface area (Å²) in [6.07, 6.45) is 0. The molecule has 5 nitrogen and oxygen atoms in total. The van der Waals surface area contributed by atoms with Crippen LogP contribution in [0.3, 0.4) is 0 Å². The highest BCUT2D eigenvalue weighted by atomic mass is 35.5. The first-order valence-electron chi connectivity index (χ1n) is 9.23. The number of hydrogen-bond donors (Lipinski definition) is 1. The average molecular weight is 477 g/mol. The predicted octanol–water partition coefficient (Wildman–Crippen LogP) is 6.78. The number of nitrogens with zero attached hydrogens (tertiary/aromatic N) is 3. The van der Waals surface area contributed by atoms with Gasteiger partial charge in [0.15, 0.2) is 11.0 Å². The van der Waals surface area contributed by atoms with Gasteiger partial charge in [0.05, 0.1) is 15.8 Å². The zero-order valence-electron chi connectivity index (χ0n) is 16.2. The Morgan fingerprint density at radius 2 is 1.97 bits per heavy atom. The normalized spacial score (nSPS) is 11.4. The third-order valence-electron chi connectivity index (χ3n) is 4.44. The minimum Gasteiger partial charge on any atom is -0.325 e. The largest absolute Gasteiger partial charge is 0.325 e. The molecule has 0 radical (unpaired) electrons. The van der Waals surface area contributed by atoms with Gasteiger partial charge in [-0.15, -0.1) is 21.5 Å². The summed E-state index contributed by atoms with van der Waals surface area (Å²) in [5, 5.41) is 16.5. The van der Waals surface area contributed by atoms with Gasteiger partial charge >= 0.3 is 0 Å². The van der Waals surface area contributed by atoms with Crippen molar-refractivity contribution in [2.24, 2.45) is 0 Å². The van der Waals surface area contributed by atoms with Crippen LogP contribution < -0.4 is 5.32 Å². The zero-order valence-corrected chi connectivity index (χ0v) is 19.4. The molecule has 0 bridgehead atoms. The molecule has 2 aromatic carbocycles. The number of nitrogens with one attached hydrogen (secondary N) is 1. The van der Waals surface area contributed by atoms with Gasteiger partial charge in [0.2, 0.25) is 5.91 Å². The third-order valence-corrected chi connectivity index (χ3v) is 7.08. The van der Waals surface area contributed by atoms with Crippen molar-refractivity contribution >= 4 is 68.0 Å². The van der Waals surface area contributed by atoms with Crippen molar-refractivity contribution in [1.29, 1.82) is 0 Å². The van der Waals surface area contributed by atoms with Crippen LogP contribution in [0.15, 0.2) is 53.0 Å². The summed E-state index contributed by atoms with van der Waals surface area (Å²) in [6.45, 7) is 4.17. The van der Waals surface area contributed by atoms with Gasteiger partial charge in [-0.25, -0.2) is 0 Å². The minimum atomic E-state index is -0.153. The minimum absolute atomic E-state index is 0.147. The Balaban J connectivity index is 1.53. The monoisotopic (exact) mass is 476 g/mol. The Bertz CT molecular complexity index is 1220. The van der Waals surface area contributed by atoms with Gasteiger partial charge in [-0.2, -0.15) is 0 Å². The summed E-state index contributed by atoms with van der Waals surface area (Å²) in [7, 11) is 0. The molecule has 0 aliphatic heterocycles. The van der Waals surface area contributed by atoms with Gasteiger partial charge in [0.1, 0.15) is 0 Å². The van der Waals surface area contributed by atoms with E-state index in [1.165, 1.54) is 16.5 Å². The molecular formula is C21H18Cl2N4OS2. The summed E-state index contributed by atoms with van der Waals surface area (Å²) < 4.78 is 3.28. The molecule has 0 aliphatic carbocycles. The van der Waals surface area contributed by atoms with Crippen LogP contribution in [-0.2, 0) is 4.79 Å². The van der Waals surface area contributed by atoms with Crippen LogP contribution in [0, 0.1) is 0 Å². The molecule has 0 spiro atoms. The molecule has 4 aromatic rings. The summed E-state index contributed by atoms with van der Waals surface area (Å²) in [4.78, 5) is 12.4. The Kier molecular flexibility index (Phi) is 6.34. The summed E-state index contributed by atoms with van der Waals surface area (Å²) in [5.41, 5.74) is 1.66. The van der Waals surface area contributed by atoms with E-state index in [1.54, 1.807) is 29.5 Å². The van der Waals surface area contributed by atoms with E-state index >= 15 is 0 Å². The number of aromatic nitrogens is 3. The quantitative estimate of drug-likeness (QED) is 0.311. The molecule has 0 saturated carbocycles. The van der Waals surface area contributed by atoms with Gasteiger partial charge in [0.25, 0.3) is 0 Å². The summed E-state index contributed by atoms with van der Waals surface area (Å²) in [5.74, 6) is 0.865. The highest BCUT2D eigenvalue weighted by Gasteiger charge is 2.20. The van der Waals surface area contributed by atoms with Gasteiger partial charge in [-0.1, -0.05) is 53.2 Å². The highest BCUT2D eigenvalue weighted by molar-refractivity contribution is 7.99. The lowest BCUT2D eigenvalue weighted by Gasteiger charge is -2.13. The zero-order chi connectivity index (χ0) is 21.3. The number of rotatable bonds is 6. The standard InChI is InChI=1S/C21H18Cl2N4OS2/c1-12(2)27-20(15-10-29-18-6-4-3-5-14(15)18)25-26-21(27)30-11-19(28)24-13-7-8-16(22)17(23)9-13/h3-10,12H,11H2,1-2H3,(H,24,28). The van der Waals surface area contributed by atoms with Crippen molar-refractivity contribution in [1.82, 2.24) is 14.8 Å². The maximum Gasteiger partial charge on any atom is 0.234 e. The molecule has 0 atom stereocenters. The van der Waals surface area contributed by atoms with E-state index in [4.69, 9.17) is 23.2 Å². The number of fused-ring (bicyclic) bond motifs is 1. The number of halogens is 2. The molecule has 0 saturated heterocycles. The number of hydrogen-bond acceptors (Lipinski definition) is 5. The number of carbonyl (C=O) groups is 1. The van der Waals surface area contributed by atoms with Crippen LogP contribution in [0.1, 0.15) is 19.9 Å². The summed E-state index contributed by atoms with van der Waals surface area (Å²) >= 11 is 15.0. The first-order chi connectivity index (χ1) is 14.4. The SMILES string of the molecule is CC(C)n1c(SCC(=O)Nc2ccc(Cl)c(Cl)c2)nnc1-c1csc2ccccc12. The topological polar surface area (TPSA) is 59.8 Å². The molecule has 1 amide bonds. The number of benzene rings is 2. The molecule has 0 unspecified atom stereocenters. The van der Waals surface area contributed by atoms with Crippen molar-refractivity contribution in [2.45, 2.75) is 25.0 Å². The molecule has 0 fully saturated rings. The van der Waals surface area contributed by atoms with E-state index < -0.39 is 0 Å². The first kappa shape index (κ1) is 21.2. The van der Waals surface area contributed by atoms with Crippen LogP contribution in [0.4, 0.5) is 5.69 Å². The van der Waals surface area contributed by atoms with Crippen LogP contribution in [-0.4, -0.2) is 26.4 Å². The average Bonchev–Trinajstić information content (AvgIpc) is 3.33. The Hall–Kier alpha value is -2.06. The lowest BCUT2D eigenvalue weighted by atomic mass is 10.1. The Labute approximate surface area is 192 Å². The molecule has 2 aromatic heterocycles. The second-order valence-corrected chi connectivity index (χ2v) is 9.55. The van der Waals surface area contributed by atoms with Gasteiger partial charge < -0.3 is 5.32 Å². The van der Waals surface area contributed by atoms with E-state index in [2.05, 4.69) is 51.4 Å². The smallest absolute Gasteiger partial charge is 0.234 e. The fraction of sp³-hybridized carbons (Fsp3) is 0.190. The lowest BCUT2D eigenvalue weighted by molar-refractivity contribution is -0.113. The van der Waals surface area contributed by atoms with Crippen molar-refractivity contribution in [3.05, 3.63) is 57.9 Å². The van der Waals surface area contributed by atoms with E-state index in [0.29, 0.717) is 20.9 Å². The first-order valence-corrected chi connectivity index (χ1v) is 11.9. The van der Waals surface area contributed by atoms with Crippen molar-refractivity contribution in [2.75, 3.05) is 11.1 Å². The van der Waals surface area contributed by atoms with Crippen molar-refractivity contribution < 1.29 is 4.79 Å². The third kappa shape index (κ3) is 4.34. The van der Waals surface area contributed by atoms with E-state index in [-0.39, 0.29) is 17.7 Å². The number of thioether (sulfide) groups is 1. The molecule has 30 heavy (non-hydrogen) atoms. The van der Waals surface area contributed by atoms with Crippen LogP contribution in [0.2, 0.25) is 10.0 Å². The van der Waals surface area contributed by atoms with Gasteiger partial charge in [-0.05, 0) is 38.1 Å². The second-order valence-electron chi connectivity index (χ2n) is 6.88. The summed E-state index contributed by atoms with van der Waals surface area (Å²) in [6, 6.07) is 13.4. The maximum atomic E-state index is 12.4. The number of amides is 1. The number of thiophene rings is 1. The van der Waals surface area contributed by atoms with Gasteiger partial charge in [0, 0.05) is 32.8 Å². The van der Waals surface area contributed by atoms with Crippen LogP contribution >= 0.6 is 46.3 Å². The molecule has 4 rings (SSSR count). The second kappa shape index (κ2) is 8.98. The lowest BCUT2D eigenvalue weighted by Crippen LogP contribution is -2.15. The number of anilines is 1. The molecular weight excluding hydrogens is 459 g/mol. The molecule has 1 N–H and O–H groups in total. The maximum absolute atomic E-state index is 12.4. The van der Waals surface area contributed by atoms with Crippen molar-refractivity contribution in [3.63, 3.8) is 0 Å². The Morgan fingerprint density at radius 3 is 2.73 bits per heavy atom. The number of carbonyl (C=O) groups excluding carboxylic acids is 1. The highest BCUT2D eigenvalue weighted by Crippen LogP contribution is 2.36. The fourth-order valence-electron chi connectivity index (χ4n) is 3.08. The van der Waals surface area contributed by atoms with E-state index in [0.717, 1.165) is 16.8 Å². The molecule has 9 heteroatoms. The van der Waals surface area contributed by atoms with E-state index in [9.17, 15) is 4.79 Å². The fourth-order valence-corrected chi connectivity index (χ4v) is 5.18. The Morgan fingerprint density at radius 1 is 1.17 bits per heavy atom.